The second-order valence-electron chi connectivity index (χ2n) is 24.6. The summed E-state index contributed by atoms with van der Waals surface area (Å²) < 4.78 is 0. The summed E-state index contributed by atoms with van der Waals surface area (Å²) in [6.45, 7) is 42.0. The Kier molecular flexibility index (Phi) is 14.0. The number of rotatable bonds is 7. The van der Waals surface area contributed by atoms with Gasteiger partial charge in [-0.2, -0.15) is 0 Å². The minimum atomic E-state index is -1.07. The van der Waals surface area contributed by atoms with E-state index in [1.165, 1.54) is 4.90 Å². The van der Waals surface area contributed by atoms with Crippen molar-refractivity contribution in [1.82, 2.24) is 15.1 Å². The van der Waals surface area contributed by atoms with Gasteiger partial charge in [0.25, 0.3) is 0 Å². The largest absolute Gasteiger partial charge is 0.507 e. The number of nitrogens with one attached hydrogen (secondary N) is 1. The number of amides is 2. The van der Waals surface area contributed by atoms with Gasteiger partial charge in [0, 0.05) is 5.92 Å². The van der Waals surface area contributed by atoms with Crippen molar-refractivity contribution >= 4 is 17.6 Å². The number of benzene rings is 3. The van der Waals surface area contributed by atoms with Gasteiger partial charge in [-0.25, -0.2) is 0 Å². The second kappa shape index (κ2) is 17.2. The van der Waals surface area contributed by atoms with Crippen molar-refractivity contribution in [2.45, 2.75) is 202 Å². The fraction of sp³-hybridized carbons (Fsp3) is 0.611. The molecule has 1 saturated heterocycles. The molecule has 0 radical (unpaired) electrons. The van der Waals surface area contributed by atoms with E-state index in [2.05, 4.69) is 5.32 Å². The van der Waals surface area contributed by atoms with Gasteiger partial charge in [0.05, 0.1) is 25.2 Å². The lowest BCUT2D eigenvalue weighted by atomic mass is 9.76. The van der Waals surface area contributed by atoms with Gasteiger partial charge in [-0.3, -0.25) is 19.7 Å². The highest BCUT2D eigenvalue weighted by molar-refractivity contribution is 5.95. The number of phenolic OH excluding ortho intramolecular Hbond substituents is 3. The van der Waals surface area contributed by atoms with E-state index in [9.17, 15) is 20.1 Å². The topological polar surface area (TPSA) is 130 Å². The van der Waals surface area contributed by atoms with Gasteiger partial charge in [0.2, 0.25) is 11.8 Å². The number of ketones is 1. The highest BCUT2D eigenvalue weighted by Crippen LogP contribution is 2.45. The summed E-state index contributed by atoms with van der Waals surface area (Å²) in [6, 6.07) is 11.5. The van der Waals surface area contributed by atoms with E-state index in [1.54, 1.807) is 4.90 Å². The molecule has 3 aromatic rings. The molecule has 0 saturated carbocycles. The van der Waals surface area contributed by atoms with Crippen LogP contribution in [0.5, 0.6) is 17.2 Å². The molecule has 0 bridgehead atoms. The number of carbonyl (C=O) groups excluding carboxylic acids is 3. The molecular weight excluding hydrogens is 787 g/mol. The van der Waals surface area contributed by atoms with Crippen LogP contribution in [0.2, 0.25) is 0 Å². The summed E-state index contributed by atoms with van der Waals surface area (Å²) in [7, 11) is 0. The van der Waals surface area contributed by atoms with Crippen molar-refractivity contribution in [3.8, 4) is 17.2 Å². The van der Waals surface area contributed by atoms with Crippen LogP contribution in [0.4, 0.5) is 0 Å². The zero-order valence-electron chi connectivity index (χ0n) is 42.6. The first-order chi connectivity index (χ1) is 28.3. The highest BCUT2D eigenvalue weighted by Gasteiger charge is 2.42. The molecule has 1 aliphatic heterocycles. The number of phenols is 3. The van der Waals surface area contributed by atoms with Crippen LogP contribution in [0.15, 0.2) is 36.4 Å². The Morgan fingerprint density at radius 2 is 0.730 bits per heavy atom. The number of aromatic hydroxyl groups is 3. The summed E-state index contributed by atoms with van der Waals surface area (Å²) in [6.07, 6.45) is -1.07. The molecule has 1 heterocycles. The van der Waals surface area contributed by atoms with Gasteiger partial charge < -0.3 is 25.1 Å². The quantitative estimate of drug-likeness (QED) is 0.186. The summed E-state index contributed by atoms with van der Waals surface area (Å²) in [4.78, 5) is 48.1. The zero-order valence-corrected chi connectivity index (χ0v) is 42.6. The van der Waals surface area contributed by atoms with E-state index < -0.39 is 56.4 Å². The second-order valence-corrected chi connectivity index (χ2v) is 24.6. The van der Waals surface area contributed by atoms with Crippen LogP contribution in [-0.4, -0.2) is 62.2 Å². The molecule has 0 aliphatic carbocycles. The monoisotopic (exact) mass is 868 g/mol. The minimum Gasteiger partial charge on any atom is -0.507 e. The first-order valence-corrected chi connectivity index (χ1v) is 22.8. The van der Waals surface area contributed by atoms with Gasteiger partial charge in [0.1, 0.15) is 23.4 Å². The average molecular weight is 868 g/mol. The summed E-state index contributed by atoms with van der Waals surface area (Å²) in [5.74, 6) is -2.21. The van der Waals surface area contributed by atoms with E-state index in [1.807, 2.05) is 182 Å². The molecule has 2 amide bonds. The Balaban J connectivity index is 1.88. The van der Waals surface area contributed by atoms with E-state index in [0.29, 0.717) is 5.56 Å². The molecular formula is C54H81N3O6. The maximum absolute atomic E-state index is 15.2. The number of hydrogen-bond acceptors (Lipinski definition) is 7. The molecule has 0 spiro atoms. The summed E-state index contributed by atoms with van der Waals surface area (Å²) in [5.41, 5.74) is 4.15. The first kappa shape index (κ1) is 51.3. The number of Topliss-reactive ketones (excluding diaryl/α,β-unsaturated/α-hetero) is 1. The Labute approximate surface area is 380 Å². The first-order valence-electron chi connectivity index (χ1n) is 22.8. The molecule has 1 aliphatic rings. The Morgan fingerprint density at radius 1 is 0.476 bits per heavy atom. The van der Waals surface area contributed by atoms with E-state index >= 15 is 9.59 Å². The molecule has 4 unspecified atom stereocenters. The van der Waals surface area contributed by atoms with Crippen molar-refractivity contribution in [2.24, 2.45) is 0 Å². The van der Waals surface area contributed by atoms with Gasteiger partial charge in [0.15, 0.2) is 5.78 Å². The van der Waals surface area contributed by atoms with Crippen LogP contribution in [-0.2, 0) is 46.9 Å². The Bertz CT molecular complexity index is 2120. The van der Waals surface area contributed by atoms with E-state index in [0.717, 1.165) is 44.5 Å². The molecule has 1 fully saturated rings. The lowest BCUT2D eigenvalue weighted by molar-refractivity contribution is -0.155. The molecule has 9 heteroatoms. The summed E-state index contributed by atoms with van der Waals surface area (Å²) in [5, 5.41) is 37.9. The number of nitrogens with zero attached hydrogens (tertiary/aromatic N) is 2. The third kappa shape index (κ3) is 10.8. The van der Waals surface area contributed by atoms with Crippen LogP contribution >= 0.6 is 0 Å². The van der Waals surface area contributed by atoms with Crippen molar-refractivity contribution in [3.63, 3.8) is 0 Å². The van der Waals surface area contributed by atoms with Crippen LogP contribution in [0, 0.1) is 0 Å². The Morgan fingerprint density at radius 3 is 1.00 bits per heavy atom. The predicted molar refractivity (Wildman–Crippen MR) is 257 cm³/mol. The predicted octanol–water partition coefficient (Wildman–Crippen LogP) is 11.4. The zero-order chi connectivity index (χ0) is 48.5. The van der Waals surface area contributed by atoms with Crippen molar-refractivity contribution < 1.29 is 29.7 Å². The van der Waals surface area contributed by atoms with Crippen molar-refractivity contribution in [1.29, 1.82) is 0 Å². The van der Waals surface area contributed by atoms with Crippen LogP contribution in [0.3, 0.4) is 0 Å². The standard InChI is InChI=1S/C54H81N3O6/c1-30(33-22-36(49(4,5)6)43(59)37(23-33)50(7,8)9)42(58)46-55-28-56(47(62)31(2)34-24-38(51(10,11)12)44(60)39(25-34)52(13,14)15)29-57(46)48(63)32(3)35-26-40(53(16,17)18)45(61)41(27-35)54(19,20)21/h22-27,30-32,46,55,59-61H,28-29H2,1-21H3. The van der Waals surface area contributed by atoms with E-state index in [-0.39, 0.29) is 48.2 Å². The Hall–Kier alpha value is -4.37. The molecule has 4 rings (SSSR count). The van der Waals surface area contributed by atoms with Crippen LogP contribution < -0.4 is 5.32 Å². The molecule has 9 nitrogen and oxygen atoms in total. The molecule has 4 N–H and O–H groups in total. The minimum absolute atomic E-state index is 0.0262. The highest BCUT2D eigenvalue weighted by atomic mass is 16.3. The van der Waals surface area contributed by atoms with Crippen molar-refractivity contribution in [2.75, 3.05) is 13.3 Å². The van der Waals surface area contributed by atoms with Gasteiger partial charge in [-0.15, -0.1) is 0 Å². The lowest BCUT2D eigenvalue weighted by Crippen LogP contribution is -2.66. The average Bonchev–Trinajstić information content (AvgIpc) is 3.13. The van der Waals surface area contributed by atoms with Gasteiger partial charge in [-0.1, -0.05) is 168 Å². The molecule has 348 valence electrons. The van der Waals surface area contributed by atoms with Gasteiger partial charge in [-0.05, 0) is 96.4 Å². The van der Waals surface area contributed by atoms with Crippen LogP contribution in [0.25, 0.3) is 0 Å². The SMILES string of the molecule is CC(C(=O)C1NCN(C(=O)C(C)c2cc(C(C)(C)C)c(O)c(C(C)(C)C)c2)CN1C(=O)C(C)c1cc(C(C)(C)C)c(O)c(C(C)(C)C)c1)c1cc(C(C)(C)C)c(O)c(C(C)(C)C)c1. The summed E-state index contributed by atoms with van der Waals surface area (Å²) >= 11 is 0. The third-order valence-electron chi connectivity index (χ3n) is 12.9. The normalized spacial score (nSPS) is 17.4. The lowest BCUT2D eigenvalue weighted by Gasteiger charge is -2.44. The molecule has 63 heavy (non-hydrogen) atoms. The molecule has 3 aromatic carbocycles. The van der Waals surface area contributed by atoms with Crippen molar-refractivity contribution in [3.05, 3.63) is 86.5 Å². The fourth-order valence-electron chi connectivity index (χ4n) is 8.58. The number of carbonyl (C=O) groups is 3. The van der Waals surface area contributed by atoms with Gasteiger partial charge >= 0.3 is 0 Å². The third-order valence-corrected chi connectivity index (χ3v) is 12.9. The molecule has 4 atom stereocenters. The maximum Gasteiger partial charge on any atom is 0.232 e. The molecule has 0 aromatic heterocycles. The van der Waals surface area contributed by atoms with Crippen LogP contribution in [0.1, 0.15) is 213 Å². The maximum atomic E-state index is 15.2. The fourth-order valence-corrected chi connectivity index (χ4v) is 8.58. The number of hydrogen-bond donors (Lipinski definition) is 4. The smallest absolute Gasteiger partial charge is 0.232 e. The van der Waals surface area contributed by atoms with E-state index in [4.69, 9.17) is 0 Å².